The summed E-state index contributed by atoms with van der Waals surface area (Å²) < 4.78 is 0. The van der Waals surface area contributed by atoms with Crippen LogP contribution in [0.4, 0.5) is 0 Å². The van der Waals surface area contributed by atoms with Crippen LogP contribution in [0.1, 0.15) is 118 Å². The summed E-state index contributed by atoms with van der Waals surface area (Å²) in [5, 5.41) is 0. The highest BCUT2D eigenvalue weighted by Gasteiger charge is 2.53. The smallest absolute Gasteiger partial charge is 0.0269 e. The summed E-state index contributed by atoms with van der Waals surface area (Å²) in [6, 6.07) is 0. The Morgan fingerprint density at radius 2 is 1.44 bits per heavy atom. The number of hydrogen-bond acceptors (Lipinski definition) is 0. The van der Waals surface area contributed by atoms with Crippen molar-refractivity contribution in [2.75, 3.05) is 0 Å². The van der Waals surface area contributed by atoms with E-state index in [1.165, 1.54) is 44.9 Å². The summed E-state index contributed by atoms with van der Waals surface area (Å²) >= 11 is 0. The van der Waals surface area contributed by atoms with Gasteiger partial charge in [-0.25, -0.2) is 0 Å². The van der Waals surface area contributed by atoms with E-state index in [9.17, 15) is 0 Å². The van der Waals surface area contributed by atoms with Gasteiger partial charge in [-0.3, -0.25) is 0 Å². The average Bonchev–Trinajstić information content (AvgIpc) is 2.67. The van der Waals surface area contributed by atoms with Gasteiger partial charge in [-0.15, -0.1) is 0 Å². The van der Waals surface area contributed by atoms with Gasteiger partial charge in [0.1, 0.15) is 0 Å². The monoisotopic (exact) mass is 372 g/mol. The van der Waals surface area contributed by atoms with E-state index in [1.54, 1.807) is 38.5 Å². The molecule has 0 amide bonds. The Morgan fingerprint density at radius 3 is 2.15 bits per heavy atom. The minimum Gasteiger partial charge on any atom is -0.0625 e. The Bertz CT molecular complexity index is 496. The highest BCUT2D eigenvalue weighted by molar-refractivity contribution is 5.03. The summed E-state index contributed by atoms with van der Waals surface area (Å²) in [7, 11) is 0. The van der Waals surface area contributed by atoms with Crippen molar-refractivity contribution in [3.05, 3.63) is 0 Å². The third-order valence-corrected chi connectivity index (χ3v) is 11.0. The lowest BCUT2D eigenvalue weighted by Crippen LogP contribution is -2.50. The Morgan fingerprint density at radius 1 is 0.778 bits per heavy atom. The number of rotatable bonds is 3. The van der Waals surface area contributed by atoms with E-state index in [0.717, 1.165) is 41.4 Å². The summed E-state index contributed by atoms with van der Waals surface area (Å²) in [5.41, 5.74) is 1.14. The zero-order valence-corrected chi connectivity index (χ0v) is 19.2. The molecule has 0 nitrogen and oxygen atoms in total. The molecule has 4 aliphatic rings. The van der Waals surface area contributed by atoms with Gasteiger partial charge < -0.3 is 0 Å². The predicted molar refractivity (Wildman–Crippen MR) is 118 cm³/mol. The lowest BCUT2D eigenvalue weighted by Gasteiger charge is -2.59. The van der Waals surface area contributed by atoms with E-state index in [-0.39, 0.29) is 0 Å². The van der Waals surface area contributed by atoms with Crippen LogP contribution in [-0.4, -0.2) is 0 Å². The van der Waals surface area contributed by atoms with E-state index in [1.807, 2.05) is 0 Å². The van der Waals surface area contributed by atoms with E-state index < -0.39 is 0 Å². The molecule has 0 aromatic rings. The zero-order chi connectivity index (χ0) is 19.2. The number of hydrogen-bond donors (Lipinski definition) is 0. The first kappa shape index (κ1) is 20.3. The fraction of sp³-hybridized carbons (Fsp3) is 1.00. The van der Waals surface area contributed by atoms with E-state index in [0.29, 0.717) is 10.8 Å². The first-order chi connectivity index (χ1) is 12.8. The molecule has 27 heavy (non-hydrogen) atoms. The second-order valence-electron chi connectivity index (χ2n) is 12.6. The van der Waals surface area contributed by atoms with Crippen LogP contribution in [0.5, 0.6) is 0 Å². The minimum absolute atomic E-state index is 0.546. The van der Waals surface area contributed by atoms with Gasteiger partial charge in [0.05, 0.1) is 0 Å². The van der Waals surface area contributed by atoms with E-state index >= 15 is 0 Å². The van der Waals surface area contributed by atoms with E-state index in [2.05, 4.69) is 34.6 Å². The lowest BCUT2D eigenvalue weighted by atomic mass is 9.46. The molecule has 156 valence electrons. The molecule has 0 heterocycles. The summed E-state index contributed by atoms with van der Waals surface area (Å²) in [4.78, 5) is 0. The topological polar surface area (TPSA) is 0 Å². The molecule has 4 rings (SSSR count). The first-order valence-electron chi connectivity index (χ1n) is 12.8. The van der Waals surface area contributed by atoms with Gasteiger partial charge in [-0.1, -0.05) is 53.9 Å². The Kier molecular flexibility index (Phi) is 5.77. The quantitative estimate of drug-likeness (QED) is 0.466. The van der Waals surface area contributed by atoms with Crippen LogP contribution in [0.15, 0.2) is 0 Å². The second kappa shape index (κ2) is 7.68. The molecular weight excluding hydrogens is 324 g/mol. The van der Waals surface area contributed by atoms with Crippen LogP contribution in [-0.2, 0) is 0 Å². The van der Waals surface area contributed by atoms with Crippen LogP contribution >= 0.6 is 0 Å². The highest BCUT2D eigenvalue weighted by atomic mass is 14.6. The Balaban J connectivity index is 1.44. The normalized spacial score (nSPS) is 44.0. The molecule has 4 aliphatic carbocycles. The molecular formula is C27H48. The van der Waals surface area contributed by atoms with Gasteiger partial charge in [0, 0.05) is 0 Å². The van der Waals surface area contributed by atoms with Gasteiger partial charge in [-0.05, 0) is 116 Å². The molecule has 4 saturated carbocycles. The van der Waals surface area contributed by atoms with Crippen LogP contribution in [0.3, 0.4) is 0 Å². The standard InChI is InChI=1S/C27H48/c1-19(2)20-13-14-24-21(17-20)11-12-22-18-27(5,16-15-25(22)24)26(3,4)23-9-7-6-8-10-23/h19-25H,6-18H2,1-5H3. The third kappa shape index (κ3) is 3.66. The van der Waals surface area contributed by atoms with Gasteiger partial charge in [-0.2, -0.15) is 0 Å². The minimum atomic E-state index is 0.546. The maximum atomic E-state index is 2.71. The van der Waals surface area contributed by atoms with Crippen LogP contribution in [0, 0.1) is 52.3 Å². The predicted octanol–water partition coefficient (Wildman–Crippen LogP) is 8.50. The second-order valence-corrected chi connectivity index (χ2v) is 12.6. The molecule has 0 heteroatoms. The molecule has 0 aromatic heterocycles. The van der Waals surface area contributed by atoms with Crippen LogP contribution < -0.4 is 0 Å². The fourth-order valence-corrected chi connectivity index (χ4v) is 8.59. The average molecular weight is 373 g/mol. The van der Waals surface area contributed by atoms with Crippen molar-refractivity contribution in [1.29, 1.82) is 0 Å². The van der Waals surface area contributed by atoms with Crippen molar-refractivity contribution in [3.8, 4) is 0 Å². The van der Waals surface area contributed by atoms with Crippen LogP contribution in [0.25, 0.3) is 0 Å². The summed E-state index contributed by atoms with van der Waals surface area (Å²) in [5.74, 6) is 7.27. The van der Waals surface area contributed by atoms with Crippen molar-refractivity contribution in [3.63, 3.8) is 0 Å². The maximum absolute atomic E-state index is 2.71. The molecule has 0 aliphatic heterocycles. The third-order valence-electron chi connectivity index (χ3n) is 11.0. The van der Waals surface area contributed by atoms with Gasteiger partial charge in [0.2, 0.25) is 0 Å². The molecule has 6 unspecified atom stereocenters. The Labute approximate surface area is 170 Å². The maximum Gasteiger partial charge on any atom is -0.0269 e. The van der Waals surface area contributed by atoms with Gasteiger partial charge >= 0.3 is 0 Å². The SMILES string of the molecule is CC(C)C1CCC2C(CCC3CC(C)(C(C)(C)C4CCCCC4)CCC32)C1. The summed E-state index contributed by atoms with van der Waals surface area (Å²) in [6.45, 7) is 13.0. The largest absolute Gasteiger partial charge is 0.0625 e. The molecule has 0 spiro atoms. The van der Waals surface area contributed by atoms with Crippen LogP contribution in [0.2, 0.25) is 0 Å². The van der Waals surface area contributed by atoms with Gasteiger partial charge in [0.15, 0.2) is 0 Å². The zero-order valence-electron chi connectivity index (χ0n) is 19.2. The first-order valence-corrected chi connectivity index (χ1v) is 12.8. The Hall–Kier alpha value is 0. The number of fused-ring (bicyclic) bond motifs is 3. The fourth-order valence-electron chi connectivity index (χ4n) is 8.59. The van der Waals surface area contributed by atoms with Crippen molar-refractivity contribution >= 4 is 0 Å². The molecule has 4 fully saturated rings. The molecule has 0 aromatic carbocycles. The van der Waals surface area contributed by atoms with E-state index in [4.69, 9.17) is 0 Å². The molecule has 0 bridgehead atoms. The molecule has 0 saturated heterocycles. The molecule has 0 N–H and O–H groups in total. The van der Waals surface area contributed by atoms with Crippen molar-refractivity contribution in [2.24, 2.45) is 52.3 Å². The van der Waals surface area contributed by atoms with Crippen molar-refractivity contribution in [2.45, 2.75) is 118 Å². The highest BCUT2D eigenvalue weighted by Crippen LogP contribution is 2.62. The van der Waals surface area contributed by atoms with Gasteiger partial charge in [0.25, 0.3) is 0 Å². The molecule has 0 radical (unpaired) electrons. The molecule has 6 atom stereocenters. The van der Waals surface area contributed by atoms with Crippen molar-refractivity contribution in [1.82, 2.24) is 0 Å². The lowest BCUT2D eigenvalue weighted by molar-refractivity contribution is -0.0898. The van der Waals surface area contributed by atoms with Crippen molar-refractivity contribution < 1.29 is 0 Å². The summed E-state index contributed by atoms with van der Waals surface area (Å²) in [6.07, 6.45) is 19.9.